The highest BCUT2D eigenvalue weighted by molar-refractivity contribution is 5.95. The Kier molecular flexibility index (Phi) is 3.98. The number of hydrogen-bond donors (Lipinski definition) is 0. The first kappa shape index (κ1) is 13.7. The summed E-state index contributed by atoms with van der Waals surface area (Å²) in [5.74, 6) is 0.571. The molecule has 0 amide bonds. The smallest absolute Gasteiger partial charge is 0.143 e. The number of rotatable bonds is 3. The van der Waals surface area contributed by atoms with Gasteiger partial charge in [-0.3, -0.25) is 9.79 Å². The van der Waals surface area contributed by atoms with E-state index in [0.717, 1.165) is 24.2 Å². The zero-order valence-electron chi connectivity index (χ0n) is 11.7. The van der Waals surface area contributed by atoms with Gasteiger partial charge in [-0.05, 0) is 38.8 Å². The minimum Gasteiger partial charge on any atom is -0.299 e. The summed E-state index contributed by atoms with van der Waals surface area (Å²) in [5.41, 5.74) is 1.69. The Morgan fingerprint density at radius 1 is 1.42 bits per heavy atom. The minimum atomic E-state index is -0.330. The highest BCUT2D eigenvalue weighted by Gasteiger charge is 2.37. The maximum Gasteiger partial charge on any atom is 0.143 e. The molecule has 2 nitrogen and oxygen atoms in total. The van der Waals surface area contributed by atoms with Crippen molar-refractivity contribution in [3.8, 4) is 0 Å². The predicted octanol–water partition coefficient (Wildman–Crippen LogP) is 4.34. The van der Waals surface area contributed by atoms with Gasteiger partial charge >= 0.3 is 0 Å². The van der Waals surface area contributed by atoms with Crippen LogP contribution in [0, 0.1) is 11.3 Å². The number of benzene rings is 1. The first-order valence-electron chi connectivity index (χ1n) is 6.82. The maximum absolute atomic E-state index is 12.2. The number of allylic oxidation sites excluding steroid dienone is 1. The van der Waals surface area contributed by atoms with Gasteiger partial charge in [0.05, 0.1) is 5.69 Å². The van der Waals surface area contributed by atoms with Crippen molar-refractivity contribution in [3.05, 3.63) is 43.0 Å². The summed E-state index contributed by atoms with van der Waals surface area (Å²) in [6.07, 6.45) is 4.28. The van der Waals surface area contributed by atoms with Crippen LogP contribution in [0.2, 0.25) is 0 Å². The molecule has 2 rings (SSSR count). The Morgan fingerprint density at radius 3 is 2.68 bits per heavy atom. The molecule has 1 fully saturated rings. The number of para-hydroxylation sites is 1. The first-order chi connectivity index (χ1) is 9.05. The third kappa shape index (κ3) is 3.01. The van der Waals surface area contributed by atoms with Crippen molar-refractivity contribution in [2.24, 2.45) is 16.3 Å². The van der Waals surface area contributed by atoms with E-state index in [1.165, 1.54) is 0 Å². The van der Waals surface area contributed by atoms with Gasteiger partial charge in [0.25, 0.3) is 0 Å². The molecule has 0 aliphatic heterocycles. The number of aliphatic imine (C=N–C) groups is 1. The fourth-order valence-electron chi connectivity index (χ4n) is 2.54. The van der Waals surface area contributed by atoms with E-state index in [-0.39, 0.29) is 11.3 Å². The van der Waals surface area contributed by atoms with E-state index in [1.807, 2.05) is 44.2 Å². The van der Waals surface area contributed by atoms with Crippen LogP contribution in [0.3, 0.4) is 0 Å². The molecule has 0 spiro atoms. The predicted molar refractivity (Wildman–Crippen MR) is 79.9 cm³/mol. The lowest BCUT2D eigenvalue weighted by molar-refractivity contribution is -0.128. The summed E-state index contributed by atoms with van der Waals surface area (Å²) >= 11 is 0. The van der Waals surface area contributed by atoms with E-state index in [2.05, 4.69) is 11.6 Å². The lowest BCUT2D eigenvalue weighted by Gasteiger charge is -2.33. The van der Waals surface area contributed by atoms with Crippen LogP contribution in [-0.2, 0) is 4.79 Å². The van der Waals surface area contributed by atoms with E-state index in [9.17, 15) is 4.79 Å². The van der Waals surface area contributed by atoms with E-state index < -0.39 is 0 Å². The van der Waals surface area contributed by atoms with Gasteiger partial charge in [0, 0.05) is 23.5 Å². The molecule has 2 heteroatoms. The molecule has 1 aliphatic carbocycles. The second kappa shape index (κ2) is 5.52. The van der Waals surface area contributed by atoms with Crippen molar-refractivity contribution in [1.82, 2.24) is 0 Å². The van der Waals surface area contributed by atoms with Crippen molar-refractivity contribution in [2.75, 3.05) is 0 Å². The van der Waals surface area contributed by atoms with Crippen LogP contribution in [0.4, 0.5) is 5.69 Å². The van der Waals surface area contributed by atoms with Crippen LogP contribution in [0.5, 0.6) is 0 Å². The molecule has 0 heterocycles. The number of hydrogen-bond acceptors (Lipinski definition) is 2. The molecule has 0 aromatic heterocycles. The van der Waals surface area contributed by atoms with Gasteiger partial charge in [0.1, 0.15) is 5.78 Å². The molecule has 0 radical (unpaired) electrons. The van der Waals surface area contributed by atoms with Crippen molar-refractivity contribution >= 4 is 17.2 Å². The standard InChI is InChI=1S/C17H21NO/c1-4-17(3)11-10-14(12-16(17)19)13(2)18-15-8-6-5-7-9-15/h4-9,14H,1,10-12H2,2-3H3. The number of nitrogens with zero attached hydrogens (tertiary/aromatic N) is 1. The van der Waals surface area contributed by atoms with E-state index >= 15 is 0 Å². The molecule has 0 saturated heterocycles. The van der Waals surface area contributed by atoms with Gasteiger partial charge in [-0.15, -0.1) is 6.58 Å². The van der Waals surface area contributed by atoms with Crippen LogP contribution in [0.15, 0.2) is 48.0 Å². The molecule has 2 unspecified atom stereocenters. The molecule has 0 N–H and O–H groups in total. The summed E-state index contributed by atoms with van der Waals surface area (Å²) in [5, 5.41) is 0. The fraction of sp³-hybridized carbons (Fsp3) is 0.412. The Labute approximate surface area is 115 Å². The molecule has 1 saturated carbocycles. The molecular formula is C17H21NO. The first-order valence-corrected chi connectivity index (χ1v) is 6.82. The van der Waals surface area contributed by atoms with Crippen LogP contribution >= 0.6 is 0 Å². The van der Waals surface area contributed by atoms with Gasteiger partial charge in [0.2, 0.25) is 0 Å². The Bertz CT molecular complexity index is 503. The van der Waals surface area contributed by atoms with Crippen LogP contribution in [-0.4, -0.2) is 11.5 Å². The Hall–Kier alpha value is -1.70. The highest BCUT2D eigenvalue weighted by atomic mass is 16.1. The number of ketones is 1. The number of Topliss-reactive ketones (excluding diaryl/α,β-unsaturated/α-hetero) is 1. The van der Waals surface area contributed by atoms with E-state index in [0.29, 0.717) is 12.2 Å². The summed E-state index contributed by atoms with van der Waals surface area (Å²) in [4.78, 5) is 16.8. The molecule has 100 valence electrons. The summed E-state index contributed by atoms with van der Waals surface area (Å²) in [7, 11) is 0. The van der Waals surface area contributed by atoms with Gasteiger partial charge in [-0.1, -0.05) is 24.3 Å². The topological polar surface area (TPSA) is 29.4 Å². The second-order valence-electron chi connectivity index (χ2n) is 5.57. The molecule has 0 bridgehead atoms. The number of carbonyl (C=O) groups is 1. The van der Waals surface area contributed by atoms with Crippen molar-refractivity contribution < 1.29 is 4.79 Å². The van der Waals surface area contributed by atoms with E-state index in [4.69, 9.17) is 0 Å². The number of carbonyl (C=O) groups excluding carboxylic acids is 1. The van der Waals surface area contributed by atoms with Crippen LogP contribution in [0.25, 0.3) is 0 Å². The maximum atomic E-state index is 12.2. The lowest BCUT2D eigenvalue weighted by atomic mass is 9.70. The molecule has 2 atom stereocenters. The van der Waals surface area contributed by atoms with Crippen LogP contribution in [0.1, 0.15) is 33.1 Å². The van der Waals surface area contributed by atoms with Gasteiger partial charge < -0.3 is 0 Å². The van der Waals surface area contributed by atoms with Crippen molar-refractivity contribution in [2.45, 2.75) is 33.1 Å². The molecule has 19 heavy (non-hydrogen) atoms. The van der Waals surface area contributed by atoms with Crippen molar-refractivity contribution in [3.63, 3.8) is 0 Å². The molecule has 1 aromatic rings. The zero-order chi connectivity index (χ0) is 13.9. The quantitative estimate of drug-likeness (QED) is 0.583. The van der Waals surface area contributed by atoms with E-state index in [1.54, 1.807) is 6.08 Å². The monoisotopic (exact) mass is 255 g/mol. The zero-order valence-corrected chi connectivity index (χ0v) is 11.7. The minimum absolute atomic E-state index is 0.278. The molecule has 1 aliphatic rings. The summed E-state index contributed by atoms with van der Waals surface area (Å²) in [6.45, 7) is 7.81. The third-order valence-corrected chi connectivity index (χ3v) is 4.18. The van der Waals surface area contributed by atoms with Crippen molar-refractivity contribution in [1.29, 1.82) is 0 Å². The average Bonchev–Trinajstić information content (AvgIpc) is 2.43. The average molecular weight is 255 g/mol. The van der Waals surface area contributed by atoms with Crippen LogP contribution < -0.4 is 0 Å². The fourth-order valence-corrected chi connectivity index (χ4v) is 2.54. The Morgan fingerprint density at radius 2 is 2.11 bits per heavy atom. The van der Waals surface area contributed by atoms with Gasteiger partial charge in [-0.2, -0.15) is 0 Å². The SMILES string of the molecule is C=CC1(C)CCC(C(C)=Nc2ccccc2)CC1=O. The largest absolute Gasteiger partial charge is 0.299 e. The lowest BCUT2D eigenvalue weighted by Crippen LogP contribution is -2.35. The summed E-state index contributed by atoms with van der Waals surface area (Å²) in [6, 6.07) is 9.91. The van der Waals surface area contributed by atoms with Gasteiger partial charge in [0.15, 0.2) is 0 Å². The normalized spacial score (nSPS) is 28.2. The van der Waals surface area contributed by atoms with Gasteiger partial charge in [-0.25, -0.2) is 0 Å². The second-order valence-corrected chi connectivity index (χ2v) is 5.57. The Balaban J connectivity index is 2.11. The third-order valence-electron chi connectivity index (χ3n) is 4.18. The summed E-state index contributed by atoms with van der Waals surface area (Å²) < 4.78 is 0. The molecule has 1 aromatic carbocycles. The molecular weight excluding hydrogens is 234 g/mol. The highest BCUT2D eigenvalue weighted by Crippen LogP contribution is 2.37.